The van der Waals surface area contributed by atoms with Gasteiger partial charge < -0.3 is 0 Å². The molecule has 0 N–H and O–H groups in total. The lowest BCUT2D eigenvalue weighted by atomic mass is 10.1. The second-order valence-corrected chi connectivity index (χ2v) is 14.2. The molecule has 0 saturated heterocycles. The fourth-order valence-corrected chi connectivity index (χ4v) is 9.87. The maximum Gasteiger partial charge on any atom is 0.460 e. The Bertz CT molecular complexity index is 1070. The maximum atomic E-state index is 14.3. The minimum absolute atomic E-state index is 0.0209. The van der Waals surface area contributed by atoms with Crippen LogP contribution in [-0.2, 0) is 25.5 Å². The normalized spacial score (nSPS) is 13.9. The van der Waals surface area contributed by atoms with E-state index in [-0.39, 0.29) is 7.14 Å². The Balaban J connectivity index is 2.57. The second-order valence-electron chi connectivity index (χ2n) is 7.68. The summed E-state index contributed by atoms with van der Waals surface area (Å²) in [6.07, 6.45) is -4.47. The Morgan fingerprint density at radius 3 is 1.33 bits per heavy atom. The lowest BCUT2D eigenvalue weighted by Crippen LogP contribution is -3.85. The van der Waals surface area contributed by atoms with Gasteiger partial charge in [0.1, 0.15) is 0 Å². The van der Waals surface area contributed by atoms with Gasteiger partial charge in [-0.3, -0.25) is 0 Å². The lowest BCUT2D eigenvalue weighted by Gasteiger charge is -2.31. The third-order valence-electron chi connectivity index (χ3n) is 4.88. The molecule has 0 aliphatic carbocycles. The molecule has 36 heavy (non-hydrogen) atoms. The first-order valence-electron chi connectivity index (χ1n) is 10.5. The number of hydrogen-bond acceptors (Lipinski definition) is 3. The minimum atomic E-state index is -7.36. The van der Waals surface area contributed by atoms with E-state index in [0.29, 0.717) is 12.8 Å². The molecular formula is C22H22F9IO3S+. The molecule has 0 heterocycles. The molecule has 0 fully saturated rings. The van der Waals surface area contributed by atoms with Crippen LogP contribution in [0, 0.1) is 7.14 Å². The van der Waals surface area contributed by atoms with Gasteiger partial charge in [0.2, 0.25) is 0 Å². The first-order chi connectivity index (χ1) is 16.4. The molecule has 0 atom stereocenters. The topological polar surface area (TPSA) is 43.4 Å². The smallest absolute Gasteiger partial charge is 0.191 e. The van der Waals surface area contributed by atoms with Crippen LogP contribution < -0.4 is 20.2 Å². The van der Waals surface area contributed by atoms with Crippen LogP contribution in [-0.4, -0.2) is 31.7 Å². The number of halogens is 10. The second kappa shape index (κ2) is 11.1. The Hall–Kier alpha value is -1.55. The van der Waals surface area contributed by atoms with Gasteiger partial charge in [0.25, 0.3) is 0 Å². The third-order valence-corrected chi connectivity index (χ3v) is 12.3. The molecule has 2 aromatic carbocycles. The molecule has 0 amide bonds. The Morgan fingerprint density at radius 1 is 0.667 bits per heavy atom. The van der Waals surface area contributed by atoms with Gasteiger partial charge in [-0.15, -0.1) is 0 Å². The van der Waals surface area contributed by atoms with Crippen molar-refractivity contribution in [1.29, 1.82) is 0 Å². The van der Waals surface area contributed by atoms with Crippen molar-refractivity contribution in [2.24, 2.45) is 0 Å². The fraction of sp³-hybridized carbons (Fsp3) is 0.455. The van der Waals surface area contributed by atoms with Gasteiger partial charge in [0, 0.05) is 0 Å². The standard InChI is InChI=1S/C22H22F9IO3S/c1-3-5-15-7-11-17(12-8-15)32(18-13-9-16(6-4-2)10-14-18)35-36(33,34)22(30,31)20(25,26)19(23,24)21(27,28)29/h7-14H,3-6H2,1-2H3/q+1. The zero-order valence-corrected chi connectivity index (χ0v) is 21.8. The van der Waals surface area contributed by atoms with E-state index in [4.69, 9.17) is 0 Å². The molecule has 2 aromatic rings. The van der Waals surface area contributed by atoms with Crippen LogP contribution in [0.4, 0.5) is 39.5 Å². The van der Waals surface area contributed by atoms with Crippen molar-refractivity contribution in [2.75, 3.05) is 0 Å². The van der Waals surface area contributed by atoms with E-state index in [1.165, 1.54) is 48.5 Å². The van der Waals surface area contributed by atoms with Crippen molar-refractivity contribution < 1.29 is 70.7 Å². The van der Waals surface area contributed by atoms with E-state index >= 15 is 0 Å². The van der Waals surface area contributed by atoms with Gasteiger partial charge in [-0.05, 0) is 50.7 Å². The van der Waals surface area contributed by atoms with Gasteiger partial charge in [0.05, 0.1) is 0 Å². The molecular weight excluding hydrogens is 642 g/mol. The molecule has 0 aliphatic heterocycles. The first-order valence-corrected chi connectivity index (χ1v) is 14.9. The quantitative estimate of drug-likeness (QED) is 0.270. The number of benzene rings is 2. The monoisotopic (exact) mass is 664 g/mol. The highest BCUT2D eigenvalue weighted by Crippen LogP contribution is 2.54. The summed E-state index contributed by atoms with van der Waals surface area (Å²) in [6, 6.07) is 11.4. The Labute approximate surface area is 210 Å². The summed E-state index contributed by atoms with van der Waals surface area (Å²) in [6.45, 7) is 3.75. The molecule has 3 nitrogen and oxygen atoms in total. The van der Waals surface area contributed by atoms with Gasteiger partial charge in [0.15, 0.2) is 7.14 Å². The summed E-state index contributed by atoms with van der Waals surface area (Å²) < 4.78 is 149. The SMILES string of the molecule is CCCc1ccc([I+](OS(=O)(=O)C(F)(F)C(F)(F)C(F)(F)C(F)(F)F)c2ccc(CCC)cc2)cc1. The van der Waals surface area contributed by atoms with Gasteiger partial charge in [-0.1, -0.05) is 51.0 Å². The predicted molar refractivity (Wildman–Crippen MR) is 109 cm³/mol. The van der Waals surface area contributed by atoms with Crippen molar-refractivity contribution in [3.05, 3.63) is 66.8 Å². The van der Waals surface area contributed by atoms with Crippen molar-refractivity contribution in [1.82, 2.24) is 0 Å². The van der Waals surface area contributed by atoms with E-state index in [0.717, 1.165) is 24.0 Å². The summed E-state index contributed by atoms with van der Waals surface area (Å²) in [4.78, 5) is 0. The first kappa shape index (κ1) is 30.7. The highest BCUT2D eigenvalue weighted by Gasteiger charge is 2.86. The fourth-order valence-electron chi connectivity index (χ4n) is 2.95. The minimum Gasteiger partial charge on any atom is -0.191 e. The van der Waals surface area contributed by atoms with Crippen LogP contribution in [0.2, 0.25) is 0 Å². The molecule has 2 rings (SSSR count). The van der Waals surface area contributed by atoms with Crippen molar-refractivity contribution >= 4 is 10.1 Å². The number of aryl methyl sites for hydroxylation is 2. The molecule has 0 aromatic heterocycles. The highest BCUT2D eigenvalue weighted by atomic mass is 127. The largest absolute Gasteiger partial charge is 0.460 e. The molecule has 14 heteroatoms. The summed E-state index contributed by atoms with van der Waals surface area (Å²) in [7, 11) is -6.99. The summed E-state index contributed by atoms with van der Waals surface area (Å²) in [5.41, 5.74) is 1.56. The summed E-state index contributed by atoms with van der Waals surface area (Å²) in [5, 5.41) is -6.90. The number of alkyl halides is 9. The van der Waals surface area contributed by atoms with Gasteiger partial charge in [-0.25, -0.2) is 0 Å². The van der Waals surface area contributed by atoms with E-state index in [2.05, 4.69) is 2.51 Å². The third kappa shape index (κ3) is 5.95. The number of rotatable bonds is 11. The van der Waals surface area contributed by atoms with Crippen LogP contribution in [0.25, 0.3) is 0 Å². The highest BCUT2D eigenvalue weighted by molar-refractivity contribution is 7.87. The molecule has 0 spiro atoms. The van der Waals surface area contributed by atoms with E-state index in [1.54, 1.807) is 0 Å². The van der Waals surface area contributed by atoms with E-state index in [9.17, 15) is 47.9 Å². The Morgan fingerprint density at radius 2 is 1.03 bits per heavy atom. The van der Waals surface area contributed by atoms with Crippen molar-refractivity contribution in [3.8, 4) is 0 Å². The predicted octanol–water partition coefficient (Wildman–Crippen LogP) is 3.94. The maximum absolute atomic E-state index is 14.3. The van der Waals surface area contributed by atoms with Gasteiger partial charge in [-0.2, -0.15) is 47.9 Å². The molecule has 0 bridgehead atoms. The van der Waals surface area contributed by atoms with Crippen LogP contribution in [0.5, 0.6) is 0 Å². The summed E-state index contributed by atoms with van der Waals surface area (Å²) >= 11 is -4.08. The van der Waals surface area contributed by atoms with E-state index < -0.39 is 53.6 Å². The van der Waals surface area contributed by atoms with Crippen molar-refractivity contribution in [3.63, 3.8) is 0 Å². The van der Waals surface area contributed by atoms with Crippen molar-refractivity contribution in [2.45, 2.75) is 62.8 Å². The molecule has 0 saturated carbocycles. The van der Waals surface area contributed by atoms with Crippen LogP contribution in [0.15, 0.2) is 48.5 Å². The van der Waals surface area contributed by atoms with Crippen LogP contribution >= 0.6 is 0 Å². The molecule has 0 unspecified atom stereocenters. The number of hydrogen-bond donors (Lipinski definition) is 0. The molecule has 203 valence electrons. The van der Waals surface area contributed by atoms with E-state index in [1.807, 2.05) is 13.8 Å². The zero-order valence-electron chi connectivity index (χ0n) is 18.9. The Kier molecular flexibility index (Phi) is 9.42. The molecule has 0 aliphatic rings. The zero-order chi connectivity index (χ0) is 27.6. The van der Waals surface area contributed by atoms with Crippen LogP contribution in [0.1, 0.15) is 37.8 Å². The van der Waals surface area contributed by atoms with Crippen LogP contribution in [0.3, 0.4) is 0 Å². The average molecular weight is 664 g/mol. The lowest BCUT2D eigenvalue weighted by molar-refractivity contribution is -1.03. The average Bonchev–Trinajstić information content (AvgIpc) is 2.78. The molecule has 1 radical (unpaired) electrons. The summed E-state index contributed by atoms with van der Waals surface area (Å²) in [5.74, 6) is -14.7. The van der Waals surface area contributed by atoms with Gasteiger partial charge >= 0.3 is 53.6 Å².